The van der Waals surface area contributed by atoms with E-state index in [1.807, 2.05) is 0 Å². The molecular weight excluding hydrogens is 787 g/mol. The number of hydrogen-bond acceptors (Lipinski definition) is 2. The Morgan fingerprint density at radius 1 is 0.462 bits per heavy atom. The fourth-order valence-corrected chi connectivity index (χ4v) is 13.2. The first kappa shape index (κ1) is 37.0. The summed E-state index contributed by atoms with van der Waals surface area (Å²) in [5.74, 6) is 1.89. The quantitative estimate of drug-likeness (QED) is 0.176. The minimum absolute atomic E-state index is 0.0292. The second kappa shape index (κ2) is 12.9. The van der Waals surface area contributed by atoms with Crippen molar-refractivity contribution in [3.8, 4) is 33.8 Å². The van der Waals surface area contributed by atoms with Crippen LogP contribution in [0.5, 0.6) is 11.5 Å². The summed E-state index contributed by atoms with van der Waals surface area (Å²) in [6.45, 7) is 9.60. The van der Waals surface area contributed by atoms with E-state index in [2.05, 4.69) is 227 Å². The molecule has 5 aliphatic rings. The van der Waals surface area contributed by atoms with Gasteiger partial charge in [0.05, 0.1) is 11.5 Å². The van der Waals surface area contributed by atoms with Crippen LogP contribution in [0.4, 0.5) is 11.4 Å². The van der Waals surface area contributed by atoms with Crippen LogP contribution in [0.2, 0.25) is 0 Å². The molecule has 1 spiro atoms. The number of rotatable bonds is 3. The molecule has 1 atom stereocenters. The molecule has 0 saturated heterocycles. The lowest BCUT2D eigenvalue weighted by Gasteiger charge is -2.42. The zero-order chi connectivity index (χ0) is 43.4. The van der Waals surface area contributed by atoms with Gasteiger partial charge in [0, 0.05) is 49.7 Å². The molecule has 2 heteroatoms. The maximum Gasteiger partial charge on any atom is 0.140 e. The van der Waals surface area contributed by atoms with Crippen molar-refractivity contribution < 1.29 is 4.74 Å². The first-order chi connectivity index (χ1) is 31.8. The minimum Gasteiger partial charge on any atom is -0.455 e. The van der Waals surface area contributed by atoms with Gasteiger partial charge in [0.15, 0.2) is 0 Å². The van der Waals surface area contributed by atoms with Gasteiger partial charge in [-0.3, -0.25) is 0 Å². The molecule has 310 valence electrons. The van der Waals surface area contributed by atoms with Crippen molar-refractivity contribution in [1.82, 2.24) is 0 Å². The van der Waals surface area contributed by atoms with Gasteiger partial charge >= 0.3 is 0 Å². The number of ether oxygens (including phenoxy) is 1. The van der Waals surface area contributed by atoms with Crippen LogP contribution in [0, 0.1) is 0 Å². The Morgan fingerprint density at radius 2 is 1.02 bits per heavy atom. The van der Waals surface area contributed by atoms with E-state index in [1.54, 1.807) is 0 Å². The predicted molar refractivity (Wildman–Crippen MR) is 269 cm³/mol. The Kier molecular flexibility index (Phi) is 7.32. The molecule has 0 fully saturated rings. The number of benzene rings is 9. The molecule has 0 radical (unpaired) electrons. The standard InChI is InChI=1S/C63H47NO/c1-61(2)48-25-13-10-22-45(48)57-50(61)27-15-29-55(57)64(40-33-34-44-43-21-9-12-24-47(43)62(3,4)54(44)37-40)56-30-16-28-51-58(56)46-23-11-14-26-49(46)63(51)52-35-31-38-17-5-7-19-41(38)59(52)65-60-42-20-8-6-18-39(42)32-36-53(60)63/h5-29,31-37,56H,30H2,1-4H3. The van der Waals surface area contributed by atoms with Crippen LogP contribution in [-0.2, 0) is 16.2 Å². The van der Waals surface area contributed by atoms with Crippen LogP contribution in [0.25, 0.3) is 49.4 Å². The number of anilines is 2. The fraction of sp³-hybridized carbons (Fsp3) is 0.143. The molecule has 9 aromatic carbocycles. The SMILES string of the molecule is CC1(C)c2ccccc2-c2ccc(N(c3cccc4c3-c3ccccc3C4(C)C)C3CC=CC4=C3c3ccccc3C43c4ccc5ccccc5c4Oc4c3ccc3ccccc43)cc21. The Hall–Kier alpha value is -7.42. The van der Waals surface area contributed by atoms with Gasteiger partial charge < -0.3 is 9.64 Å². The van der Waals surface area contributed by atoms with E-state index in [9.17, 15) is 0 Å². The van der Waals surface area contributed by atoms with E-state index >= 15 is 0 Å². The monoisotopic (exact) mass is 833 g/mol. The first-order valence-electron chi connectivity index (χ1n) is 23.3. The van der Waals surface area contributed by atoms with Crippen molar-refractivity contribution in [2.75, 3.05) is 4.90 Å². The Bertz CT molecular complexity index is 3550. The Morgan fingerprint density at radius 3 is 1.72 bits per heavy atom. The van der Waals surface area contributed by atoms with Crippen molar-refractivity contribution >= 4 is 38.5 Å². The van der Waals surface area contributed by atoms with Crippen LogP contribution in [0.15, 0.2) is 200 Å². The zero-order valence-corrected chi connectivity index (χ0v) is 37.1. The average Bonchev–Trinajstić information content (AvgIpc) is 3.87. The summed E-state index contributed by atoms with van der Waals surface area (Å²) in [6.07, 6.45) is 5.79. The molecular formula is C63H47NO. The number of allylic oxidation sites excluding steroid dienone is 2. The molecule has 0 N–H and O–H groups in total. The van der Waals surface area contributed by atoms with E-state index in [-0.39, 0.29) is 16.9 Å². The van der Waals surface area contributed by atoms with E-state index < -0.39 is 5.41 Å². The Labute approximate surface area is 380 Å². The third kappa shape index (κ3) is 4.64. The highest BCUT2D eigenvalue weighted by molar-refractivity contribution is 6.03. The van der Waals surface area contributed by atoms with Gasteiger partial charge in [-0.25, -0.2) is 0 Å². The molecule has 4 aliphatic carbocycles. The molecule has 9 aromatic rings. The largest absolute Gasteiger partial charge is 0.455 e. The molecule has 1 heterocycles. The molecule has 0 aromatic heterocycles. The third-order valence-electron chi connectivity index (χ3n) is 16.1. The highest BCUT2D eigenvalue weighted by Crippen LogP contribution is 2.66. The smallest absolute Gasteiger partial charge is 0.140 e. The molecule has 65 heavy (non-hydrogen) atoms. The van der Waals surface area contributed by atoms with Crippen LogP contribution in [0.1, 0.15) is 78.6 Å². The molecule has 0 saturated carbocycles. The highest BCUT2D eigenvalue weighted by atomic mass is 16.5. The third-order valence-corrected chi connectivity index (χ3v) is 16.1. The van der Waals surface area contributed by atoms with Gasteiger partial charge in [0.25, 0.3) is 0 Å². The van der Waals surface area contributed by atoms with Gasteiger partial charge in [-0.2, -0.15) is 0 Å². The second-order valence-corrected chi connectivity index (χ2v) is 19.8. The summed E-state index contributed by atoms with van der Waals surface area (Å²) in [6, 6.07) is 68.6. The molecule has 0 bridgehead atoms. The maximum atomic E-state index is 7.33. The summed E-state index contributed by atoms with van der Waals surface area (Å²) >= 11 is 0. The topological polar surface area (TPSA) is 12.5 Å². The fourth-order valence-electron chi connectivity index (χ4n) is 13.2. The Balaban J connectivity index is 1.09. The molecule has 0 amide bonds. The zero-order valence-electron chi connectivity index (χ0n) is 37.1. The average molecular weight is 834 g/mol. The molecule has 2 nitrogen and oxygen atoms in total. The lowest BCUT2D eigenvalue weighted by Crippen LogP contribution is -2.36. The van der Waals surface area contributed by atoms with Crippen molar-refractivity contribution in [3.05, 3.63) is 244 Å². The molecule has 14 rings (SSSR count). The summed E-state index contributed by atoms with van der Waals surface area (Å²) in [4.78, 5) is 2.74. The van der Waals surface area contributed by atoms with Gasteiger partial charge in [0.2, 0.25) is 0 Å². The summed E-state index contributed by atoms with van der Waals surface area (Å²) in [5, 5.41) is 4.62. The van der Waals surface area contributed by atoms with Crippen molar-refractivity contribution in [2.24, 2.45) is 0 Å². The minimum atomic E-state index is -0.626. The van der Waals surface area contributed by atoms with Crippen LogP contribution >= 0.6 is 0 Å². The van der Waals surface area contributed by atoms with E-state index in [1.165, 1.54) is 100 Å². The number of nitrogens with zero attached hydrogens (tertiary/aromatic N) is 1. The van der Waals surface area contributed by atoms with Crippen molar-refractivity contribution in [2.45, 2.75) is 56.4 Å². The highest BCUT2D eigenvalue weighted by Gasteiger charge is 2.55. The van der Waals surface area contributed by atoms with E-state index in [0.29, 0.717) is 0 Å². The second-order valence-electron chi connectivity index (χ2n) is 19.8. The van der Waals surface area contributed by atoms with E-state index in [0.717, 1.165) is 28.7 Å². The van der Waals surface area contributed by atoms with Crippen LogP contribution < -0.4 is 9.64 Å². The van der Waals surface area contributed by atoms with Gasteiger partial charge in [-0.05, 0) is 96.6 Å². The van der Waals surface area contributed by atoms with Crippen molar-refractivity contribution in [1.29, 1.82) is 0 Å². The first-order valence-corrected chi connectivity index (χ1v) is 23.3. The predicted octanol–water partition coefficient (Wildman–Crippen LogP) is 16.0. The number of hydrogen-bond donors (Lipinski definition) is 0. The van der Waals surface area contributed by atoms with Gasteiger partial charge in [0.1, 0.15) is 11.5 Å². The number of fused-ring (bicyclic) bond motifs is 18. The molecule has 1 unspecified atom stereocenters. The summed E-state index contributed by atoms with van der Waals surface area (Å²) in [7, 11) is 0. The normalized spacial score (nSPS) is 18.0. The van der Waals surface area contributed by atoms with Crippen molar-refractivity contribution in [3.63, 3.8) is 0 Å². The summed E-state index contributed by atoms with van der Waals surface area (Å²) in [5.41, 5.74) is 20.2. The van der Waals surface area contributed by atoms with E-state index in [4.69, 9.17) is 4.74 Å². The van der Waals surface area contributed by atoms with Gasteiger partial charge in [-0.1, -0.05) is 204 Å². The maximum absolute atomic E-state index is 7.33. The van der Waals surface area contributed by atoms with Crippen LogP contribution in [-0.4, -0.2) is 6.04 Å². The lowest BCUT2D eigenvalue weighted by atomic mass is 9.64. The van der Waals surface area contributed by atoms with Gasteiger partial charge in [-0.15, -0.1) is 0 Å². The summed E-state index contributed by atoms with van der Waals surface area (Å²) < 4.78 is 7.33. The molecule has 1 aliphatic heterocycles. The van der Waals surface area contributed by atoms with Crippen LogP contribution in [0.3, 0.4) is 0 Å². The lowest BCUT2D eigenvalue weighted by molar-refractivity contribution is 0.446.